The summed E-state index contributed by atoms with van der Waals surface area (Å²) in [6, 6.07) is 5.93. The van der Waals surface area contributed by atoms with Crippen molar-refractivity contribution in [3.8, 4) is 11.5 Å². The summed E-state index contributed by atoms with van der Waals surface area (Å²) in [5.41, 5.74) is 1.16. The maximum atomic E-state index is 11.8. The average Bonchev–Trinajstić information content (AvgIpc) is 3.17. The van der Waals surface area contributed by atoms with Crippen molar-refractivity contribution in [3.05, 3.63) is 35.2 Å². The van der Waals surface area contributed by atoms with Gasteiger partial charge in [0, 0.05) is 5.56 Å². The van der Waals surface area contributed by atoms with Crippen molar-refractivity contribution >= 4 is 12.0 Å². The molecule has 2 aromatic rings. The molecule has 1 aliphatic heterocycles. The summed E-state index contributed by atoms with van der Waals surface area (Å²) in [6.07, 6.45) is 0.928. The fourth-order valence-electron chi connectivity index (χ4n) is 2.66. The van der Waals surface area contributed by atoms with E-state index in [1.54, 1.807) is 13.8 Å². The number of nitrogens with one attached hydrogen (secondary N) is 1. The predicted octanol–water partition coefficient (Wildman–Crippen LogP) is 3.49. The lowest BCUT2D eigenvalue weighted by Gasteiger charge is -2.10. The van der Waals surface area contributed by atoms with Crippen LogP contribution in [0.1, 0.15) is 48.1 Å². The van der Waals surface area contributed by atoms with Crippen molar-refractivity contribution in [2.45, 2.75) is 33.2 Å². The molecule has 0 aliphatic carbocycles. The van der Waals surface area contributed by atoms with Gasteiger partial charge in [0.1, 0.15) is 12.4 Å². The maximum absolute atomic E-state index is 11.8. The summed E-state index contributed by atoms with van der Waals surface area (Å²) >= 11 is 0. The summed E-state index contributed by atoms with van der Waals surface area (Å²) in [4.78, 5) is 16.0. The smallest absolute Gasteiger partial charge is 0.360 e. The minimum atomic E-state index is -0.491. The van der Waals surface area contributed by atoms with Gasteiger partial charge >= 0.3 is 5.97 Å². The Labute approximate surface area is 146 Å². The Hall–Kier alpha value is -2.70. The first-order chi connectivity index (χ1) is 12.1. The molecule has 1 aromatic carbocycles. The highest BCUT2D eigenvalue weighted by molar-refractivity contribution is 5.88. The Balaban J connectivity index is 1.76. The number of carbonyl (C=O) groups is 1. The number of carbonyl (C=O) groups excluding carboxylic acids is 1. The van der Waals surface area contributed by atoms with Crippen LogP contribution in [0.3, 0.4) is 0 Å². The number of ether oxygens (including phenoxy) is 3. The minimum Gasteiger partial charge on any atom is -0.490 e. The maximum Gasteiger partial charge on any atom is 0.360 e. The Bertz CT molecular complexity index is 756. The Kier molecular flexibility index (Phi) is 5.11. The molecule has 2 heterocycles. The number of esters is 1. The minimum absolute atomic E-state index is 0.131. The lowest BCUT2D eigenvalue weighted by Crippen LogP contribution is -2.12. The number of anilines is 1. The molecule has 1 unspecified atom stereocenters. The van der Waals surface area contributed by atoms with E-state index in [1.165, 1.54) is 0 Å². The summed E-state index contributed by atoms with van der Waals surface area (Å²) in [5, 5.41) is 3.17. The predicted molar refractivity (Wildman–Crippen MR) is 91.3 cm³/mol. The van der Waals surface area contributed by atoms with Gasteiger partial charge in [-0.15, -0.1) is 0 Å². The van der Waals surface area contributed by atoms with Crippen molar-refractivity contribution in [3.63, 3.8) is 0 Å². The normalized spacial score (nSPS) is 15.4. The molecule has 7 nitrogen and oxygen atoms in total. The molecule has 0 amide bonds. The van der Waals surface area contributed by atoms with Crippen molar-refractivity contribution in [1.82, 2.24) is 4.98 Å². The third-order valence-electron chi connectivity index (χ3n) is 3.80. The quantitative estimate of drug-likeness (QED) is 0.768. The van der Waals surface area contributed by atoms with E-state index < -0.39 is 5.97 Å². The van der Waals surface area contributed by atoms with Crippen LogP contribution in [0, 0.1) is 6.92 Å². The second-order valence-electron chi connectivity index (χ2n) is 5.68. The Morgan fingerprint density at radius 1 is 1.40 bits per heavy atom. The van der Waals surface area contributed by atoms with E-state index in [-0.39, 0.29) is 24.4 Å². The zero-order valence-corrected chi connectivity index (χ0v) is 14.6. The molecule has 7 heteroatoms. The average molecular weight is 346 g/mol. The lowest BCUT2D eigenvalue weighted by molar-refractivity contribution is 0.0518. The van der Waals surface area contributed by atoms with Gasteiger partial charge in [-0.05, 0) is 26.3 Å². The largest absolute Gasteiger partial charge is 0.490 e. The van der Waals surface area contributed by atoms with Gasteiger partial charge in [0.05, 0.1) is 19.3 Å². The number of aromatic nitrogens is 1. The van der Waals surface area contributed by atoms with E-state index in [0.29, 0.717) is 19.0 Å². The molecule has 25 heavy (non-hydrogen) atoms. The van der Waals surface area contributed by atoms with Gasteiger partial charge in [-0.25, -0.2) is 4.79 Å². The summed E-state index contributed by atoms with van der Waals surface area (Å²) < 4.78 is 22.0. The first kappa shape index (κ1) is 17.1. The van der Waals surface area contributed by atoms with E-state index in [1.807, 2.05) is 18.2 Å². The molecule has 0 saturated carbocycles. The van der Waals surface area contributed by atoms with E-state index in [0.717, 1.165) is 23.5 Å². The molecule has 3 rings (SSSR count). The van der Waals surface area contributed by atoms with Crippen molar-refractivity contribution in [1.29, 1.82) is 0 Å². The van der Waals surface area contributed by atoms with E-state index in [4.69, 9.17) is 18.6 Å². The molecular weight excluding hydrogens is 324 g/mol. The second kappa shape index (κ2) is 7.46. The van der Waals surface area contributed by atoms with Gasteiger partial charge in [0.15, 0.2) is 17.2 Å². The van der Waals surface area contributed by atoms with E-state index in [2.05, 4.69) is 17.2 Å². The fourth-order valence-corrected chi connectivity index (χ4v) is 2.66. The number of para-hydroxylation sites is 1. The van der Waals surface area contributed by atoms with Gasteiger partial charge in [-0.1, -0.05) is 19.1 Å². The van der Waals surface area contributed by atoms with Crippen LogP contribution in [0.25, 0.3) is 0 Å². The van der Waals surface area contributed by atoms with Crippen LogP contribution in [0.2, 0.25) is 0 Å². The van der Waals surface area contributed by atoms with Gasteiger partial charge in [0.25, 0.3) is 6.01 Å². The lowest BCUT2D eigenvalue weighted by atomic mass is 10.1. The fraction of sp³-hybridized carbons (Fsp3) is 0.444. The molecule has 0 fully saturated rings. The highest BCUT2D eigenvalue weighted by Gasteiger charge is 2.29. The first-order valence-electron chi connectivity index (χ1n) is 8.43. The Morgan fingerprint density at radius 2 is 2.24 bits per heavy atom. The molecule has 0 radical (unpaired) electrons. The molecule has 0 spiro atoms. The van der Waals surface area contributed by atoms with E-state index >= 15 is 0 Å². The van der Waals surface area contributed by atoms with Crippen LogP contribution in [0.4, 0.5) is 6.01 Å². The molecule has 0 saturated heterocycles. The summed E-state index contributed by atoms with van der Waals surface area (Å²) in [5.74, 6) is 1.40. The number of hydrogen-bond donors (Lipinski definition) is 1. The molecule has 134 valence electrons. The number of nitrogens with zero attached hydrogens (tertiary/aromatic N) is 1. The van der Waals surface area contributed by atoms with Gasteiger partial charge in [-0.3, -0.25) is 0 Å². The van der Waals surface area contributed by atoms with Crippen molar-refractivity contribution in [2.24, 2.45) is 0 Å². The van der Waals surface area contributed by atoms with Crippen LogP contribution >= 0.6 is 0 Å². The van der Waals surface area contributed by atoms with Crippen LogP contribution in [-0.4, -0.2) is 30.8 Å². The molecule has 1 atom stereocenters. The van der Waals surface area contributed by atoms with Crippen LogP contribution in [0.5, 0.6) is 11.5 Å². The van der Waals surface area contributed by atoms with Crippen molar-refractivity contribution < 1.29 is 23.4 Å². The number of rotatable bonds is 7. The first-order valence-corrected chi connectivity index (χ1v) is 8.43. The standard InChI is InChI=1S/C18H22N2O5/c1-4-9-23-14-8-6-7-12-13(10-24-16(12)14)19-18-20-15(11(3)25-18)17(21)22-5-2/h6-8,13H,4-5,9-10H2,1-3H3,(H,19,20). The second-order valence-corrected chi connectivity index (χ2v) is 5.68. The Morgan fingerprint density at radius 3 is 3.00 bits per heavy atom. The number of fused-ring (bicyclic) bond motifs is 1. The molecule has 1 aliphatic rings. The number of hydrogen-bond acceptors (Lipinski definition) is 7. The number of oxazole rings is 1. The van der Waals surface area contributed by atoms with Crippen LogP contribution < -0.4 is 14.8 Å². The topological polar surface area (TPSA) is 82.8 Å². The molecule has 0 bridgehead atoms. The van der Waals surface area contributed by atoms with Gasteiger partial charge in [0.2, 0.25) is 0 Å². The van der Waals surface area contributed by atoms with Crippen LogP contribution in [-0.2, 0) is 4.74 Å². The van der Waals surface area contributed by atoms with Crippen LogP contribution in [0.15, 0.2) is 22.6 Å². The zero-order valence-electron chi connectivity index (χ0n) is 14.6. The molecule has 1 N–H and O–H groups in total. The zero-order chi connectivity index (χ0) is 17.8. The molecular formula is C18H22N2O5. The highest BCUT2D eigenvalue weighted by Crippen LogP contribution is 2.41. The third-order valence-corrected chi connectivity index (χ3v) is 3.80. The highest BCUT2D eigenvalue weighted by atomic mass is 16.5. The monoisotopic (exact) mass is 346 g/mol. The van der Waals surface area contributed by atoms with Crippen molar-refractivity contribution in [2.75, 3.05) is 25.1 Å². The van der Waals surface area contributed by atoms with E-state index in [9.17, 15) is 4.79 Å². The molecule has 1 aromatic heterocycles. The summed E-state index contributed by atoms with van der Waals surface area (Å²) in [7, 11) is 0. The third kappa shape index (κ3) is 3.55. The van der Waals surface area contributed by atoms with Gasteiger partial charge in [-0.2, -0.15) is 4.98 Å². The SMILES string of the molecule is CCCOc1cccc2c1OCC2Nc1nc(C(=O)OCC)c(C)o1. The summed E-state index contributed by atoms with van der Waals surface area (Å²) in [6.45, 7) is 6.84. The number of benzene rings is 1. The number of aryl methyl sites for hydroxylation is 1. The van der Waals surface area contributed by atoms with Gasteiger partial charge < -0.3 is 23.9 Å².